The van der Waals surface area contributed by atoms with Crippen LogP contribution in [-0.4, -0.2) is 63.9 Å². The summed E-state index contributed by atoms with van der Waals surface area (Å²) in [6, 6.07) is 9.37. The van der Waals surface area contributed by atoms with Gasteiger partial charge in [-0.2, -0.15) is 0 Å². The van der Waals surface area contributed by atoms with E-state index in [1.165, 1.54) is 0 Å². The maximum Gasteiger partial charge on any atom is 0.228 e. The lowest BCUT2D eigenvalue weighted by atomic mass is 9.57. The number of nitrogens with one attached hydrogen (secondary N) is 1. The number of aromatic hydroxyl groups is 1. The molecule has 1 amide bonds. The molecule has 4 fully saturated rings. The van der Waals surface area contributed by atoms with Crippen LogP contribution in [0.25, 0.3) is 11.3 Å². The first kappa shape index (κ1) is 19.8. The molecule has 1 saturated heterocycles. The standard InChI is InChI=1S/C24H30N6O2/c25-24-8-5-23(6-9-24,7-10-24)22(32)29-11-12-30-16(15-29)14-26-21-19(30)13-18(27-28-21)17-3-1-2-4-20(17)31/h1-4,13,16,31H,5-12,14-15,25H2,(H,26,28)/t16-,23?,24?/m0/s1. The number of phenols is 1. The summed E-state index contributed by atoms with van der Waals surface area (Å²) in [4.78, 5) is 18.1. The van der Waals surface area contributed by atoms with Gasteiger partial charge in [0.25, 0.3) is 0 Å². The fraction of sp³-hybridized carbons (Fsp3) is 0.542. The van der Waals surface area contributed by atoms with E-state index in [0.717, 1.165) is 76.2 Å². The van der Waals surface area contributed by atoms with Gasteiger partial charge in [0.2, 0.25) is 5.91 Å². The van der Waals surface area contributed by atoms with Crippen molar-refractivity contribution >= 4 is 17.4 Å². The van der Waals surface area contributed by atoms with E-state index in [9.17, 15) is 9.90 Å². The van der Waals surface area contributed by atoms with Crippen LogP contribution >= 0.6 is 0 Å². The Bertz CT molecular complexity index is 1050. The molecule has 0 spiro atoms. The molecule has 32 heavy (non-hydrogen) atoms. The predicted molar refractivity (Wildman–Crippen MR) is 122 cm³/mol. The number of para-hydroxylation sites is 1. The number of amides is 1. The van der Waals surface area contributed by atoms with Gasteiger partial charge in [0.15, 0.2) is 5.82 Å². The summed E-state index contributed by atoms with van der Waals surface area (Å²) in [6.45, 7) is 2.95. The molecule has 1 atom stereocenters. The van der Waals surface area contributed by atoms with Gasteiger partial charge in [-0.1, -0.05) is 12.1 Å². The number of nitrogens with zero attached hydrogens (tertiary/aromatic N) is 4. The molecule has 1 aromatic heterocycles. The molecule has 2 aliphatic heterocycles. The van der Waals surface area contributed by atoms with Crippen LogP contribution in [0.15, 0.2) is 30.3 Å². The molecule has 8 heteroatoms. The van der Waals surface area contributed by atoms with Crippen molar-refractivity contribution in [2.75, 3.05) is 36.4 Å². The minimum atomic E-state index is -0.188. The topological polar surface area (TPSA) is 108 Å². The molecule has 168 valence electrons. The van der Waals surface area contributed by atoms with Crippen LogP contribution in [0.4, 0.5) is 11.5 Å². The summed E-state index contributed by atoms with van der Waals surface area (Å²) in [7, 11) is 0. The van der Waals surface area contributed by atoms with Crippen LogP contribution < -0.4 is 16.0 Å². The number of piperazine rings is 1. The number of carbonyl (C=O) groups is 1. The Morgan fingerprint density at radius 3 is 2.59 bits per heavy atom. The lowest BCUT2D eigenvalue weighted by molar-refractivity contribution is -0.149. The van der Waals surface area contributed by atoms with Crippen molar-refractivity contribution in [1.82, 2.24) is 15.1 Å². The minimum Gasteiger partial charge on any atom is -0.507 e. The molecule has 4 N–H and O–H groups in total. The molecule has 3 aliphatic carbocycles. The molecule has 5 aliphatic rings. The SMILES string of the molecule is NC12CCC(C(=O)N3CCN4c5cc(-c6ccccc6O)nnc5NC[C@H]4C3)(CC1)CC2. The highest BCUT2D eigenvalue weighted by Crippen LogP contribution is 2.52. The number of hydrogen-bond acceptors (Lipinski definition) is 7. The molecular weight excluding hydrogens is 404 g/mol. The second kappa shape index (κ2) is 7.07. The van der Waals surface area contributed by atoms with E-state index in [-0.39, 0.29) is 22.7 Å². The Hall–Kier alpha value is -2.87. The molecule has 2 aromatic rings. The van der Waals surface area contributed by atoms with Crippen LogP contribution in [0.5, 0.6) is 5.75 Å². The Kier molecular flexibility index (Phi) is 4.37. The average molecular weight is 435 g/mol. The van der Waals surface area contributed by atoms with Gasteiger partial charge in [-0.25, -0.2) is 0 Å². The van der Waals surface area contributed by atoms with Gasteiger partial charge in [0.05, 0.1) is 17.4 Å². The Labute approximate surface area is 187 Å². The molecular formula is C24H30N6O2. The summed E-state index contributed by atoms with van der Waals surface area (Å²) >= 11 is 0. The van der Waals surface area contributed by atoms with E-state index in [2.05, 4.69) is 25.3 Å². The largest absolute Gasteiger partial charge is 0.507 e. The number of carbonyl (C=O) groups excluding carboxylic acids is 1. The fourth-order valence-corrected chi connectivity index (χ4v) is 6.17. The van der Waals surface area contributed by atoms with Gasteiger partial charge in [-0.05, 0) is 56.7 Å². The van der Waals surface area contributed by atoms with Gasteiger partial charge in [0, 0.05) is 42.7 Å². The Balaban J connectivity index is 1.22. The predicted octanol–water partition coefficient (Wildman–Crippen LogP) is 2.34. The van der Waals surface area contributed by atoms with Gasteiger partial charge in [-0.15, -0.1) is 10.2 Å². The molecule has 7 rings (SSSR count). The molecule has 3 heterocycles. The van der Waals surface area contributed by atoms with Crippen LogP contribution in [0, 0.1) is 5.41 Å². The molecule has 2 bridgehead atoms. The van der Waals surface area contributed by atoms with E-state index in [4.69, 9.17) is 5.73 Å². The lowest BCUT2D eigenvalue weighted by Gasteiger charge is -2.53. The third-order valence-corrected chi connectivity index (χ3v) is 8.30. The summed E-state index contributed by atoms with van der Waals surface area (Å²) in [5.41, 5.74) is 8.56. The van der Waals surface area contributed by atoms with Crippen LogP contribution in [0.1, 0.15) is 38.5 Å². The first-order chi connectivity index (χ1) is 15.5. The molecule has 3 saturated carbocycles. The maximum atomic E-state index is 13.6. The van der Waals surface area contributed by atoms with Gasteiger partial charge in [0.1, 0.15) is 5.75 Å². The van der Waals surface area contributed by atoms with E-state index < -0.39 is 0 Å². The zero-order chi connectivity index (χ0) is 21.9. The average Bonchev–Trinajstić information content (AvgIpc) is 2.84. The highest BCUT2D eigenvalue weighted by molar-refractivity contribution is 5.84. The van der Waals surface area contributed by atoms with E-state index >= 15 is 0 Å². The van der Waals surface area contributed by atoms with Crippen molar-refractivity contribution in [1.29, 1.82) is 0 Å². The van der Waals surface area contributed by atoms with Crippen LogP contribution in [-0.2, 0) is 4.79 Å². The third-order valence-electron chi connectivity index (χ3n) is 8.30. The summed E-state index contributed by atoms with van der Waals surface area (Å²) in [5, 5.41) is 22.3. The molecule has 0 unspecified atom stereocenters. The van der Waals surface area contributed by atoms with E-state index in [0.29, 0.717) is 17.2 Å². The smallest absolute Gasteiger partial charge is 0.228 e. The Morgan fingerprint density at radius 1 is 1.09 bits per heavy atom. The summed E-state index contributed by atoms with van der Waals surface area (Å²) in [6.07, 6.45) is 5.75. The van der Waals surface area contributed by atoms with Crippen molar-refractivity contribution in [3.8, 4) is 17.0 Å². The van der Waals surface area contributed by atoms with Crippen LogP contribution in [0.3, 0.4) is 0 Å². The Morgan fingerprint density at radius 2 is 1.84 bits per heavy atom. The van der Waals surface area contributed by atoms with Crippen molar-refractivity contribution in [3.63, 3.8) is 0 Å². The van der Waals surface area contributed by atoms with Gasteiger partial charge in [-0.3, -0.25) is 4.79 Å². The zero-order valence-electron chi connectivity index (χ0n) is 18.3. The van der Waals surface area contributed by atoms with Crippen LogP contribution in [0.2, 0.25) is 0 Å². The fourth-order valence-electron chi connectivity index (χ4n) is 6.17. The number of nitrogens with two attached hydrogens (primary N) is 1. The highest BCUT2D eigenvalue weighted by atomic mass is 16.3. The summed E-state index contributed by atoms with van der Waals surface area (Å²) < 4.78 is 0. The first-order valence-electron chi connectivity index (χ1n) is 11.7. The van der Waals surface area contributed by atoms with Gasteiger partial charge >= 0.3 is 0 Å². The monoisotopic (exact) mass is 434 g/mol. The second-order valence-electron chi connectivity index (χ2n) is 10.1. The molecule has 1 aromatic carbocycles. The number of aromatic nitrogens is 2. The number of benzene rings is 1. The zero-order valence-corrected chi connectivity index (χ0v) is 18.3. The molecule has 0 radical (unpaired) electrons. The van der Waals surface area contributed by atoms with Crippen molar-refractivity contribution < 1.29 is 9.90 Å². The van der Waals surface area contributed by atoms with Crippen molar-refractivity contribution in [2.24, 2.45) is 11.1 Å². The lowest BCUT2D eigenvalue weighted by Crippen LogP contribution is -2.63. The van der Waals surface area contributed by atoms with Crippen molar-refractivity contribution in [2.45, 2.75) is 50.1 Å². The third kappa shape index (κ3) is 3.03. The highest BCUT2D eigenvalue weighted by Gasteiger charge is 2.52. The molecule has 8 nitrogen and oxygen atoms in total. The van der Waals surface area contributed by atoms with E-state index in [1.807, 2.05) is 18.2 Å². The number of hydrogen-bond donors (Lipinski definition) is 3. The first-order valence-corrected chi connectivity index (χ1v) is 11.7. The van der Waals surface area contributed by atoms with E-state index in [1.54, 1.807) is 12.1 Å². The van der Waals surface area contributed by atoms with Gasteiger partial charge < -0.3 is 26.0 Å². The quantitative estimate of drug-likeness (QED) is 0.666. The number of anilines is 2. The maximum absolute atomic E-state index is 13.6. The normalized spacial score (nSPS) is 31.0. The summed E-state index contributed by atoms with van der Waals surface area (Å²) in [5.74, 6) is 1.29. The second-order valence-corrected chi connectivity index (χ2v) is 10.1. The number of phenolic OH excluding ortho intramolecular Hbond substituents is 1. The van der Waals surface area contributed by atoms with Crippen molar-refractivity contribution in [3.05, 3.63) is 30.3 Å². The number of rotatable bonds is 2. The minimum absolute atomic E-state index is 0.0241. The number of fused-ring (bicyclic) bond motifs is 6.